The first-order valence-corrected chi connectivity index (χ1v) is 6.33. The van der Waals surface area contributed by atoms with E-state index in [1.807, 2.05) is 30.3 Å². The third kappa shape index (κ3) is 3.17. The molecule has 2 rings (SSSR count). The summed E-state index contributed by atoms with van der Waals surface area (Å²) in [5.41, 5.74) is 4.29. The van der Waals surface area contributed by atoms with E-state index in [2.05, 4.69) is 36.2 Å². The summed E-state index contributed by atoms with van der Waals surface area (Å²) in [5, 5.41) is 9.13. The predicted molar refractivity (Wildman–Crippen MR) is 76.2 cm³/mol. The maximum absolute atomic E-state index is 5.81. The van der Waals surface area contributed by atoms with Gasteiger partial charge in [0.1, 0.15) is 0 Å². The standard InChI is InChI=1S/C15H15ClN2/c1-3-12-10-15(7-4-11(12)2)18-17-14-8-5-13(16)6-9-14/h4-10H,3H2,1-2H3. The highest BCUT2D eigenvalue weighted by Gasteiger charge is 1.97. The maximum atomic E-state index is 5.81. The Morgan fingerprint density at radius 1 is 0.944 bits per heavy atom. The molecule has 0 atom stereocenters. The van der Waals surface area contributed by atoms with Crippen LogP contribution in [0.1, 0.15) is 18.1 Å². The zero-order valence-corrected chi connectivity index (χ0v) is 11.3. The molecule has 2 nitrogen and oxygen atoms in total. The van der Waals surface area contributed by atoms with E-state index in [0.29, 0.717) is 5.02 Å². The molecular weight excluding hydrogens is 244 g/mol. The second-order valence-electron chi connectivity index (χ2n) is 4.14. The molecule has 0 bridgehead atoms. The number of aryl methyl sites for hydroxylation is 2. The van der Waals surface area contributed by atoms with Crippen molar-refractivity contribution in [3.63, 3.8) is 0 Å². The normalized spacial score (nSPS) is 11.1. The second-order valence-corrected chi connectivity index (χ2v) is 4.58. The van der Waals surface area contributed by atoms with Crippen LogP contribution in [0.15, 0.2) is 52.7 Å². The minimum Gasteiger partial charge on any atom is -0.151 e. The van der Waals surface area contributed by atoms with E-state index in [-0.39, 0.29) is 0 Å². The molecule has 0 saturated heterocycles. The average molecular weight is 259 g/mol. The molecule has 0 heterocycles. The zero-order chi connectivity index (χ0) is 13.0. The van der Waals surface area contributed by atoms with Gasteiger partial charge in [0.2, 0.25) is 0 Å². The molecule has 0 spiro atoms. The molecule has 18 heavy (non-hydrogen) atoms. The van der Waals surface area contributed by atoms with E-state index in [0.717, 1.165) is 17.8 Å². The van der Waals surface area contributed by atoms with Crippen LogP contribution in [0.3, 0.4) is 0 Å². The van der Waals surface area contributed by atoms with Gasteiger partial charge in [0.05, 0.1) is 11.4 Å². The van der Waals surface area contributed by atoms with Crippen molar-refractivity contribution in [2.24, 2.45) is 10.2 Å². The highest BCUT2D eigenvalue weighted by atomic mass is 35.5. The molecule has 3 heteroatoms. The Morgan fingerprint density at radius 2 is 1.56 bits per heavy atom. The monoisotopic (exact) mass is 258 g/mol. The van der Waals surface area contributed by atoms with Crippen LogP contribution >= 0.6 is 11.6 Å². The molecule has 0 unspecified atom stereocenters. The third-order valence-electron chi connectivity index (χ3n) is 2.82. The van der Waals surface area contributed by atoms with Crippen molar-refractivity contribution in [2.45, 2.75) is 20.3 Å². The van der Waals surface area contributed by atoms with Crippen molar-refractivity contribution in [1.82, 2.24) is 0 Å². The minimum atomic E-state index is 0.706. The molecule has 0 amide bonds. The minimum absolute atomic E-state index is 0.706. The van der Waals surface area contributed by atoms with Crippen molar-refractivity contribution < 1.29 is 0 Å². The zero-order valence-electron chi connectivity index (χ0n) is 10.5. The van der Waals surface area contributed by atoms with Gasteiger partial charge >= 0.3 is 0 Å². The fourth-order valence-corrected chi connectivity index (χ4v) is 1.85. The molecule has 0 aliphatic carbocycles. The summed E-state index contributed by atoms with van der Waals surface area (Å²) in [7, 11) is 0. The van der Waals surface area contributed by atoms with E-state index < -0.39 is 0 Å². The van der Waals surface area contributed by atoms with E-state index in [9.17, 15) is 0 Å². The molecule has 2 aromatic carbocycles. The largest absolute Gasteiger partial charge is 0.151 e. The number of hydrogen-bond donors (Lipinski definition) is 0. The highest BCUT2D eigenvalue weighted by Crippen LogP contribution is 2.22. The first kappa shape index (κ1) is 12.8. The summed E-state index contributed by atoms with van der Waals surface area (Å²) in [6, 6.07) is 13.4. The number of rotatable bonds is 3. The quantitative estimate of drug-likeness (QED) is 0.638. The van der Waals surface area contributed by atoms with Crippen LogP contribution in [0.5, 0.6) is 0 Å². The predicted octanol–water partition coefficient (Wildman–Crippen LogP) is 5.63. The van der Waals surface area contributed by atoms with Crippen LogP contribution in [0.2, 0.25) is 5.02 Å². The first-order chi connectivity index (χ1) is 8.69. The molecule has 0 N–H and O–H groups in total. The number of halogens is 1. The number of azo groups is 1. The van der Waals surface area contributed by atoms with Gasteiger partial charge in [0.25, 0.3) is 0 Å². The molecular formula is C15H15ClN2. The van der Waals surface area contributed by atoms with Crippen molar-refractivity contribution in [3.05, 3.63) is 58.6 Å². The Morgan fingerprint density at radius 3 is 2.22 bits per heavy atom. The maximum Gasteiger partial charge on any atom is 0.0860 e. The Hall–Kier alpha value is -1.67. The molecule has 2 aromatic rings. The third-order valence-corrected chi connectivity index (χ3v) is 3.07. The van der Waals surface area contributed by atoms with E-state index in [1.165, 1.54) is 11.1 Å². The lowest BCUT2D eigenvalue weighted by Gasteiger charge is -2.02. The Balaban J connectivity index is 2.20. The Kier molecular flexibility index (Phi) is 4.11. The number of benzene rings is 2. The van der Waals surface area contributed by atoms with Gasteiger partial charge in [-0.1, -0.05) is 24.6 Å². The van der Waals surface area contributed by atoms with Crippen molar-refractivity contribution in [1.29, 1.82) is 0 Å². The van der Waals surface area contributed by atoms with Gasteiger partial charge in [0, 0.05) is 5.02 Å². The fraction of sp³-hybridized carbons (Fsp3) is 0.200. The van der Waals surface area contributed by atoms with Crippen molar-refractivity contribution in [3.8, 4) is 0 Å². The number of hydrogen-bond acceptors (Lipinski definition) is 2. The van der Waals surface area contributed by atoms with E-state index in [1.54, 1.807) is 0 Å². The van der Waals surface area contributed by atoms with Crippen LogP contribution in [-0.4, -0.2) is 0 Å². The molecule has 92 valence electrons. The smallest absolute Gasteiger partial charge is 0.0860 e. The molecule has 0 aliphatic heterocycles. The van der Waals surface area contributed by atoms with Crippen LogP contribution in [0.25, 0.3) is 0 Å². The van der Waals surface area contributed by atoms with Gasteiger partial charge in [0.15, 0.2) is 0 Å². The lowest BCUT2D eigenvalue weighted by atomic mass is 10.1. The van der Waals surface area contributed by atoms with Crippen LogP contribution in [-0.2, 0) is 6.42 Å². The lowest BCUT2D eigenvalue weighted by molar-refractivity contribution is 1.10. The van der Waals surface area contributed by atoms with Gasteiger partial charge in [-0.3, -0.25) is 0 Å². The molecule has 0 fully saturated rings. The summed E-state index contributed by atoms with van der Waals surface area (Å²) in [6.45, 7) is 4.25. The SMILES string of the molecule is CCc1cc(N=Nc2ccc(Cl)cc2)ccc1C. The summed E-state index contributed by atoms with van der Waals surface area (Å²) < 4.78 is 0. The molecule has 0 aliphatic rings. The van der Waals surface area contributed by atoms with Crippen LogP contribution < -0.4 is 0 Å². The average Bonchev–Trinajstić information content (AvgIpc) is 2.39. The Labute approximate surface area is 112 Å². The first-order valence-electron chi connectivity index (χ1n) is 5.96. The second kappa shape index (κ2) is 5.78. The van der Waals surface area contributed by atoms with Gasteiger partial charge < -0.3 is 0 Å². The summed E-state index contributed by atoms with van der Waals surface area (Å²) in [4.78, 5) is 0. The lowest BCUT2D eigenvalue weighted by Crippen LogP contribution is -1.84. The molecule has 0 radical (unpaired) electrons. The number of nitrogens with zero attached hydrogens (tertiary/aromatic N) is 2. The Bertz CT molecular complexity index is 559. The summed E-state index contributed by atoms with van der Waals surface area (Å²) >= 11 is 5.81. The topological polar surface area (TPSA) is 24.7 Å². The van der Waals surface area contributed by atoms with Crippen molar-refractivity contribution in [2.75, 3.05) is 0 Å². The summed E-state index contributed by atoms with van der Waals surface area (Å²) in [6.07, 6.45) is 1.01. The van der Waals surface area contributed by atoms with Gasteiger partial charge in [-0.25, -0.2) is 0 Å². The van der Waals surface area contributed by atoms with E-state index in [4.69, 9.17) is 11.6 Å². The highest BCUT2D eigenvalue weighted by molar-refractivity contribution is 6.30. The fourth-order valence-electron chi connectivity index (χ4n) is 1.72. The molecule has 0 aromatic heterocycles. The van der Waals surface area contributed by atoms with Crippen LogP contribution in [0, 0.1) is 6.92 Å². The van der Waals surface area contributed by atoms with Gasteiger partial charge in [-0.2, -0.15) is 10.2 Å². The van der Waals surface area contributed by atoms with E-state index >= 15 is 0 Å². The van der Waals surface area contributed by atoms with Gasteiger partial charge in [-0.05, 0) is 60.9 Å². The summed E-state index contributed by atoms with van der Waals surface area (Å²) in [5.74, 6) is 0. The van der Waals surface area contributed by atoms with Crippen LogP contribution in [0.4, 0.5) is 11.4 Å². The van der Waals surface area contributed by atoms with Gasteiger partial charge in [-0.15, -0.1) is 0 Å². The molecule has 0 saturated carbocycles. The van der Waals surface area contributed by atoms with Crippen molar-refractivity contribution >= 4 is 23.0 Å².